The van der Waals surface area contributed by atoms with Crippen LogP contribution < -0.4 is 10.9 Å². The first-order valence-electron chi connectivity index (χ1n) is 7.91. The van der Waals surface area contributed by atoms with E-state index in [0.29, 0.717) is 10.6 Å². The summed E-state index contributed by atoms with van der Waals surface area (Å²) < 4.78 is 1.72. The summed E-state index contributed by atoms with van der Waals surface area (Å²) >= 11 is 5.92. The Bertz CT molecular complexity index is 763. The fraction of sp³-hybridized carbons (Fsp3) is 0.353. The van der Waals surface area contributed by atoms with Crippen LogP contribution >= 0.6 is 11.6 Å². The van der Waals surface area contributed by atoms with Gasteiger partial charge in [-0.3, -0.25) is 20.4 Å². The highest BCUT2D eigenvalue weighted by molar-refractivity contribution is 6.30. The van der Waals surface area contributed by atoms with Crippen molar-refractivity contribution in [1.29, 1.82) is 0 Å². The minimum Gasteiger partial charge on any atom is -0.273 e. The molecule has 0 bridgehead atoms. The lowest BCUT2D eigenvalue weighted by Gasteiger charge is -2.13. The van der Waals surface area contributed by atoms with E-state index in [2.05, 4.69) is 16.0 Å². The van der Waals surface area contributed by atoms with Gasteiger partial charge in [-0.1, -0.05) is 25.4 Å². The zero-order valence-corrected chi connectivity index (χ0v) is 14.3. The summed E-state index contributed by atoms with van der Waals surface area (Å²) in [6.45, 7) is 3.98. The quantitative estimate of drug-likeness (QED) is 0.836. The molecule has 3 rings (SSSR count). The standard InChI is InChI=1S/C17H19ClN4O2/c1-10(2)15-14(17(24)21-20-16(23)11-3-4-11)9-19-22(15)13-7-5-12(18)6-8-13/h5-11H,3-4H2,1-2H3,(H,20,23)(H,21,24). The molecule has 24 heavy (non-hydrogen) atoms. The zero-order valence-electron chi connectivity index (χ0n) is 13.5. The number of aromatic nitrogens is 2. The summed E-state index contributed by atoms with van der Waals surface area (Å²) in [5.41, 5.74) is 6.99. The Morgan fingerprint density at radius 2 is 1.88 bits per heavy atom. The topological polar surface area (TPSA) is 76.0 Å². The third kappa shape index (κ3) is 3.43. The third-order valence-corrected chi connectivity index (χ3v) is 4.17. The summed E-state index contributed by atoms with van der Waals surface area (Å²) in [4.78, 5) is 24.1. The van der Waals surface area contributed by atoms with Crippen molar-refractivity contribution in [3.05, 3.63) is 46.7 Å². The molecule has 2 amide bonds. The van der Waals surface area contributed by atoms with Crippen LogP contribution in [0.15, 0.2) is 30.5 Å². The lowest BCUT2D eigenvalue weighted by molar-refractivity contribution is -0.123. The first kappa shape index (κ1) is 16.5. The number of nitrogens with zero attached hydrogens (tertiary/aromatic N) is 2. The Hall–Kier alpha value is -2.34. The Balaban J connectivity index is 1.83. The molecule has 0 radical (unpaired) electrons. The van der Waals surface area contributed by atoms with Gasteiger partial charge in [0.1, 0.15) is 0 Å². The highest BCUT2D eigenvalue weighted by Gasteiger charge is 2.30. The Morgan fingerprint density at radius 3 is 2.46 bits per heavy atom. The van der Waals surface area contributed by atoms with Crippen LogP contribution in [0.2, 0.25) is 5.02 Å². The number of halogens is 1. The highest BCUT2D eigenvalue weighted by atomic mass is 35.5. The number of carbonyl (C=O) groups is 2. The van der Waals surface area contributed by atoms with E-state index in [0.717, 1.165) is 24.2 Å². The maximum atomic E-state index is 12.4. The monoisotopic (exact) mass is 346 g/mol. The van der Waals surface area contributed by atoms with Crippen LogP contribution in [0, 0.1) is 5.92 Å². The van der Waals surface area contributed by atoms with Crippen LogP contribution in [0.25, 0.3) is 5.69 Å². The first-order chi connectivity index (χ1) is 11.5. The molecule has 1 saturated carbocycles. The second kappa shape index (κ2) is 6.65. The zero-order chi connectivity index (χ0) is 17.3. The molecule has 0 saturated heterocycles. The van der Waals surface area contributed by atoms with Gasteiger partial charge in [0.25, 0.3) is 5.91 Å². The third-order valence-electron chi connectivity index (χ3n) is 3.92. The molecular weight excluding hydrogens is 328 g/mol. The van der Waals surface area contributed by atoms with Crippen LogP contribution in [0.4, 0.5) is 0 Å². The Kier molecular flexibility index (Phi) is 4.57. The fourth-order valence-corrected chi connectivity index (χ4v) is 2.64. The van der Waals surface area contributed by atoms with Gasteiger partial charge in [0.2, 0.25) is 5.91 Å². The molecule has 7 heteroatoms. The maximum Gasteiger partial charge on any atom is 0.273 e. The van der Waals surface area contributed by atoms with Crippen LogP contribution in [0.5, 0.6) is 0 Å². The van der Waals surface area contributed by atoms with Gasteiger partial charge in [-0.05, 0) is 43.0 Å². The number of rotatable bonds is 4. The number of hydrazine groups is 1. The summed E-state index contributed by atoms with van der Waals surface area (Å²) in [6.07, 6.45) is 3.28. The van der Waals surface area contributed by atoms with Crippen molar-refractivity contribution in [2.45, 2.75) is 32.6 Å². The number of hydrogen-bond donors (Lipinski definition) is 2. The van der Waals surface area contributed by atoms with E-state index in [-0.39, 0.29) is 23.7 Å². The first-order valence-corrected chi connectivity index (χ1v) is 8.29. The van der Waals surface area contributed by atoms with E-state index in [4.69, 9.17) is 11.6 Å². The summed E-state index contributed by atoms with van der Waals surface area (Å²) in [6, 6.07) is 7.24. The number of amides is 2. The van der Waals surface area contributed by atoms with Gasteiger partial charge in [-0.25, -0.2) is 4.68 Å². The summed E-state index contributed by atoms with van der Waals surface area (Å²) in [7, 11) is 0. The molecule has 6 nitrogen and oxygen atoms in total. The molecule has 0 unspecified atom stereocenters. The van der Waals surface area contributed by atoms with Crippen LogP contribution in [0.1, 0.15) is 48.7 Å². The van der Waals surface area contributed by atoms with E-state index < -0.39 is 0 Å². The molecule has 0 aliphatic heterocycles. The maximum absolute atomic E-state index is 12.4. The predicted molar refractivity (Wildman–Crippen MR) is 91.0 cm³/mol. The van der Waals surface area contributed by atoms with E-state index in [1.165, 1.54) is 6.20 Å². The van der Waals surface area contributed by atoms with Crippen LogP contribution in [-0.2, 0) is 4.79 Å². The molecule has 1 aromatic heterocycles. The summed E-state index contributed by atoms with van der Waals surface area (Å²) in [5.74, 6) is -0.401. The van der Waals surface area contributed by atoms with Gasteiger partial charge in [0, 0.05) is 10.9 Å². The van der Waals surface area contributed by atoms with Gasteiger partial charge in [0.15, 0.2) is 0 Å². The molecule has 126 valence electrons. The summed E-state index contributed by atoms with van der Waals surface area (Å²) in [5, 5.41) is 4.97. The minimum atomic E-state index is -0.368. The second-order valence-electron chi connectivity index (χ2n) is 6.20. The van der Waals surface area contributed by atoms with Gasteiger partial charge in [0.05, 0.1) is 23.1 Å². The molecule has 0 spiro atoms. The van der Waals surface area contributed by atoms with Crippen molar-refractivity contribution in [3.63, 3.8) is 0 Å². The van der Waals surface area contributed by atoms with Crippen molar-refractivity contribution in [1.82, 2.24) is 20.6 Å². The highest BCUT2D eigenvalue weighted by Crippen LogP contribution is 2.28. The van der Waals surface area contributed by atoms with Crippen molar-refractivity contribution < 1.29 is 9.59 Å². The molecule has 1 fully saturated rings. The minimum absolute atomic E-state index is 0.0339. The number of carbonyl (C=O) groups excluding carboxylic acids is 2. The SMILES string of the molecule is CC(C)c1c(C(=O)NNC(=O)C2CC2)cnn1-c1ccc(Cl)cc1. The Morgan fingerprint density at radius 1 is 1.21 bits per heavy atom. The van der Waals surface area contributed by atoms with Crippen molar-refractivity contribution in [2.75, 3.05) is 0 Å². The van der Waals surface area contributed by atoms with E-state index >= 15 is 0 Å². The molecule has 0 atom stereocenters. The largest absolute Gasteiger partial charge is 0.273 e. The van der Waals surface area contributed by atoms with Crippen molar-refractivity contribution in [3.8, 4) is 5.69 Å². The molecular formula is C17H19ClN4O2. The molecule has 1 aromatic carbocycles. The second-order valence-corrected chi connectivity index (χ2v) is 6.64. The van der Waals surface area contributed by atoms with E-state index in [9.17, 15) is 9.59 Å². The predicted octanol–water partition coefficient (Wildman–Crippen LogP) is 2.82. The molecule has 1 heterocycles. The van der Waals surface area contributed by atoms with Crippen molar-refractivity contribution in [2.24, 2.45) is 5.92 Å². The smallest absolute Gasteiger partial charge is 0.273 e. The van der Waals surface area contributed by atoms with Crippen LogP contribution in [0.3, 0.4) is 0 Å². The lowest BCUT2D eigenvalue weighted by atomic mass is 10.1. The van der Waals surface area contributed by atoms with Gasteiger partial charge >= 0.3 is 0 Å². The normalized spacial score (nSPS) is 13.8. The molecule has 2 N–H and O–H groups in total. The van der Waals surface area contributed by atoms with E-state index in [1.54, 1.807) is 16.8 Å². The number of benzene rings is 1. The lowest BCUT2D eigenvalue weighted by Crippen LogP contribution is -2.42. The number of hydrogen-bond acceptors (Lipinski definition) is 3. The van der Waals surface area contributed by atoms with Crippen molar-refractivity contribution >= 4 is 23.4 Å². The average molecular weight is 347 g/mol. The van der Waals surface area contributed by atoms with Gasteiger partial charge in [-0.15, -0.1) is 0 Å². The molecule has 2 aromatic rings. The Labute approximate surface area is 145 Å². The van der Waals surface area contributed by atoms with Gasteiger partial charge in [-0.2, -0.15) is 5.10 Å². The molecule has 1 aliphatic rings. The molecule has 1 aliphatic carbocycles. The van der Waals surface area contributed by atoms with Crippen LogP contribution in [-0.4, -0.2) is 21.6 Å². The number of nitrogens with one attached hydrogen (secondary N) is 2. The van der Waals surface area contributed by atoms with E-state index in [1.807, 2.05) is 26.0 Å². The average Bonchev–Trinajstić information content (AvgIpc) is 3.31. The van der Waals surface area contributed by atoms with Gasteiger partial charge < -0.3 is 0 Å². The fourth-order valence-electron chi connectivity index (χ4n) is 2.51.